The molecule has 4 nitrogen and oxygen atoms in total. The lowest BCUT2D eigenvalue weighted by atomic mass is 10.1. The van der Waals surface area contributed by atoms with E-state index >= 15 is 0 Å². The van der Waals surface area contributed by atoms with Crippen molar-refractivity contribution in [1.29, 1.82) is 0 Å². The predicted molar refractivity (Wildman–Crippen MR) is 88.4 cm³/mol. The summed E-state index contributed by atoms with van der Waals surface area (Å²) in [6, 6.07) is 13.5. The van der Waals surface area contributed by atoms with Crippen LogP contribution in [0, 0.1) is 0 Å². The van der Waals surface area contributed by atoms with Gasteiger partial charge >= 0.3 is 5.97 Å². The van der Waals surface area contributed by atoms with Crippen LogP contribution in [0.1, 0.15) is 15.9 Å². The molecule has 2 aromatic carbocycles. The van der Waals surface area contributed by atoms with Crippen LogP contribution >= 0.6 is 15.9 Å². The number of esters is 1. The van der Waals surface area contributed by atoms with Crippen LogP contribution in [0.2, 0.25) is 0 Å². The third-order valence-electron chi connectivity index (χ3n) is 3.19. The molecule has 0 heterocycles. The summed E-state index contributed by atoms with van der Waals surface area (Å²) in [7, 11) is 3.31. The summed E-state index contributed by atoms with van der Waals surface area (Å²) in [4.78, 5) is 13.7. The standard InChI is InChI=1S/C16H17BrN2O2/c1-19(10-11-4-3-5-12(17)8-11)13-6-7-15(18)14(9-13)16(20)21-2/h3-9H,10,18H2,1-2H3. The first kappa shape index (κ1) is 15.4. The average Bonchev–Trinajstić information content (AvgIpc) is 2.47. The van der Waals surface area contributed by atoms with Crippen LogP contribution in [0.4, 0.5) is 11.4 Å². The topological polar surface area (TPSA) is 55.6 Å². The number of nitrogens with zero attached hydrogens (tertiary/aromatic N) is 1. The van der Waals surface area contributed by atoms with Crippen LogP contribution in [0.5, 0.6) is 0 Å². The number of carbonyl (C=O) groups excluding carboxylic acids is 1. The van der Waals surface area contributed by atoms with Crippen molar-refractivity contribution in [3.8, 4) is 0 Å². The zero-order valence-corrected chi connectivity index (χ0v) is 13.6. The van der Waals surface area contributed by atoms with Gasteiger partial charge in [-0.05, 0) is 35.9 Å². The van der Waals surface area contributed by atoms with E-state index in [2.05, 4.69) is 28.1 Å². The Balaban J connectivity index is 2.23. The molecule has 0 aliphatic heterocycles. The second-order valence-corrected chi connectivity index (χ2v) is 5.66. The quantitative estimate of drug-likeness (QED) is 0.679. The Labute approximate surface area is 132 Å². The Bertz CT molecular complexity index is 658. The van der Waals surface area contributed by atoms with E-state index in [9.17, 15) is 4.79 Å². The highest BCUT2D eigenvalue weighted by molar-refractivity contribution is 9.10. The number of hydrogen-bond donors (Lipinski definition) is 1. The maximum absolute atomic E-state index is 11.7. The van der Waals surface area contributed by atoms with Crippen LogP contribution in [0.15, 0.2) is 46.9 Å². The predicted octanol–water partition coefficient (Wildman–Crippen LogP) is 3.45. The minimum atomic E-state index is -0.426. The smallest absolute Gasteiger partial charge is 0.340 e. The Morgan fingerprint density at radius 2 is 2.05 bits per heavy atom. The van der Waals surface area contributed by atoms with Gasteiger partial charge in [0.2, 0.25) is 0 Å². The fraction of sp³-hybridized carbons (Fsp3) is 0.188. The number of halogens is 1. The molecule has 0 aliphatic rings. The van der Waals surface area contributed by atoms with Gasteiger partial charge in [0.1, 0.15) is 0 Å². The van der Waals surface area contributed by atoms with Crippen LogP contribution in [0.3, 0.4) is 0 Å². The van der Waals surface area contributed by atoms with Gasteiger partial charge in [0.15, 0.2) is 0 Å². The van der Waals surface area contributed by atoms with Crippen LogP contribution in [-0.4, -0.2) is 20.1 Å². The van der Waals surface area contributed by atoms with Gasteiger partial charge in [0.25, 0.3) is 0 Å². The summed E-state index contributed by atoms with van der Waals surface area (Å²) in [5.74, 6) is -0.426. The lowest BCUT2D eigenvalue weighted by molar-refractivity contribution is 0.0602. The van der Waals surface area contributed by atoms with E-state index in [4.69, 9.17) is 10.5 Å². The van der Waals surface area contributed by atoms with Gasteiger partial charge in [0.05, 0.1) is 12.7 Å². The summed E-state index contributed by atoms with van der Waals surface area (Å²) in [6.07, 6.45) is 0. The number of rotatable bonds is 4. The molecular weight excluding hydrogens is 332 g/mol. The molecule has 110 valence electrons. The van der Waals surface area contributed by atoms with E-state index in [1.54, 1.807) is 12.1 Å². The van der Waals surface area contributed by atoms with Gasteiger partial charge in [-0.2, -0.15) is 0 Å². The van der Waals surface area contributed by atoms with Crippen molar-refractivity contribution in [2.24, 2.45) is 0 Å². The highest BCUT2D eigenvalue weighted by Gasteiger charge is 2.12. The van der Waals surface area contributed by atoms with Crippen molar-refractivity contribution < 1.29 is 9.53 Å². The second kappa shape index (κ2) is 6.63. The number of ether oxygens (including phenoxy) is 1. The highest BCUT2D eigenvalue weighted by atomic mass is 79.9. The van der Waals surface area contributed by atoms with E-state index in [1.807, 2.05) is 30.1 Å². The zero-order valence-electron chi connectivity index (χ0n) is 12.0. The fourth-order valence-electron chi connectivity index (χ4n) is 2.07. The number of anilines is 2. The number of nitrogens with two attached hydrogens (primary N) is 1. The minimum Gasteiger partial charge on any atom is -0.465 e. The first-order valence-electron chi connectivity index (χ1n) is 6.44. The van der Waals surface area contributed by atoms with Crippen molar-refractivity contribution >= 4 is 33.3 Å². The highest BCUT2D eigenvalue weighted by Crippen LogP contribution is 2.23. The largest absolute Gasteiger partial charge is 0.465 e. The molecule has 2 aromatic rings. The normalized spacial score (nSPS) is 10.2. The molecule has 0 amide bonds. The summed E-state index contributed by atoms with van der Waals surface area (Å²) in [5.41, 5.74) is 8.69. The van der Waals surface area contributed by atoms with E-state index in [1.165, 1.54) is 12.7 Å². The number of methoxy groups -OCH3 is 1. The minimum absolute atomic E-state index is 0.385. The molecule has 0 fully saturated rings. The Kier molecular flexibility index (Phi) is 4.85. The van der Waals surface area contributed by atoms with E-state index < -0.39 is 5.97 Å². The number of benzene rings is 2. The number of hydrogen-bond acceptors (Lipinski definition) is 4. The van der Waals surface area contributed by atoms with Crippen LogP contribution < -0.4 is 10.6 Å². The van der Waals surface area contributed by atoms with E-state index in [-0.39, 0.29) is 0 Å². The van der Waals surface area contributed by atoms with Crippen molar-refractivity contribution in [2.75, 3.05) is 24.8 Å². The molecule has 5 heteroatoms. The molecule has 0 atom stereocenters. The zero-order chi connectivity index (χ0) is 15.4. The maximum Gasteiger partial charge on any atom is 0.340 e. The molecular formula is C16H17BrN2O2. The summed E-state index contributed by atoms with van der Waals surface area (Å²) >= 11 is 3.46. The fourth-order valence-corrected chi connectivity index (χ4v) is 2.52. The van der Waals surface area contributed by atoms with Crippen LogP contribution in [0.25, 0.3) is 0 Å². The lowest BCUT2D eigenvalue weighted by Gasteiger charge is -2.20. The second-order valence-electron chi connectivity index (χ2n) is 4.75. The van der Waals surface area contributed by atoms with Crippen molar-refractivity contribution in [2.45, 2.75) is 6.54 Å². The molecule has 21 heavy (non-hydrogen) atoms. The van der Waals surface area contributed by atoms with E-state index in [0.29, 0.717) is 11.3 Å². The van der Waals surface area contributed by atoms with E-state index in [0.717, 1.165) is 16.7 Å². The lowest BCUT2D eigenvalue weighted by Crippen LogP contribution is -2.17. The molecule has 0 radical (unpaired) electrons. The Hall–Kier alpha value is -2.01. The SMILES string of the molecule is COC(=O)c1cc(N(C)Cc2cccc(Br)c2)ccc1N. The number of nitrogen functional groups attached to an aromatic ring is 1. The molecule has 0 unspecified atom stereocenters. The molecule has 0 saturated heterocycles. The Morgan fingerprint density at radius 3 is 2.71 bits per heavy atom. The van der Waals surface area contributed by atoms with Gasteiger partial charge in [-0.15, -0.1) is 0 Å². The van der Waals surface area contributed by atoms with Gasteiger partial charge < -0.3 is 15.4 Å². The summed E-state index contributed by atoms with van der Waals surface area (Å²) in [6.45, 7) is 0.726. The monoisotopic (exact) mass is 348 g/mol. The maximum atomic E-state index is 11.7. The van der Waals surface area contributed by atoms with Crippen molar-refractivity contribution in [3.05, 3.63) is 58.1 Å². The summed E-state index contributed by atoms with van der Waals surface area (Å²) < 4.78 is 5.78. The van der Waals surface area contributed by atoms with Gasteiger partial charge in [-0.3, -0.25) is 0 Å². The third kappa shape index (κ3) is 3.76. The average molecular weight is 349 g/mol. The van der Waals surface area contributed by atoms with Crippen molar-refractivity contribution in [1.82, 2.24) is 0 Å². The molecule has 0 aliphatic carbocycles. The van der Waals surface area contributed by atoms with Crippen LogP contribution in [-0.2, 0) is 11.3 Å². The molecule has 0 saturated carbocycles. The first-order valence-corrected chi connectivity index (χ1v) is 7.24. The third-order valence-corrected chi connectivity index (χ3v) is 3.68. The molecule has 2 N–H and O–H groups in total. The molecule has 0 bridgehead atoms. The molecule has 0 aromatic heterocycles. The Morgan fingerprint density at radius 1 is 1.29 bits per heavy atom. The van der Waals surface area contributed by atoms with Gasteiger partial charge in [0, 0.05) is 29.4 Å². The van der Waals surface area contributed by atoms with Crippen molar-refractivity contribution in [3.63, 3.8) is 0 Å². The molecule has 2 rings (SSSR count). The van der Waals surface area contributed by atoms with Gasteiger partial charge in [-0.1, -0.05) is 28.1 Å². The van der Waals surface area contributed by atoms with Gasteiger partial charge in [-0.25, -0.2) is 4.79 Å². The first-order chi connectivity index (χ1) is 10.0. The summed E-state index contributed by atoms with van der Waals surface area (Å²) in [5, 5.41) is 0. The number of carbonyl (C=O) groups is 1. The molecule has 0 spiro atoms.